The molecule has 6 rings (SSSR count). The molecule has 0 aliphatic carbocycles. The van der Waals surface area contributed by atoms with Gasteiger partial charge in [0.15, 0.2) is 5.82 Å². The van der Waals surface area contributed by atoms with Crippen LogP contribution in [0.5, 0.6) is 0 Å². The van der Waals surface area contributed by atoms with Crippen molar-refractivity contribution in [1.29, 1.82) is 0 Å². The molecule has 4 heterocycles. The Bertz CT molecular complexity index is 1770. The van der Waals surface area contributed by atoms with Crippen LogP contribution in [0.1, 0.15) is 23.3 Å². The van der Waals surface area contributed by atoms with Gasteiger partial charge in [0.2, 0.25) is 0 Å². The highest BCUT2D eigenvalue weighted by atomic mass is 32.1. The minimum Gasteiger partial charge on any atom is -0.475 e. The van der Waals surface area contributed by atoms with E-state index in [4.69, 9.17) is 9.90 Å². The molecule has 1 saturated heterocycles. The molecule has 13 heteroatoms. The molecule has 0 saturated carbocycles. The van der Waals surface area contributed by atoms with Crippen LogP contribution in [-0.2, 0) is 11.3 Å². The third-order valence-electron chi connectivity index (χ3n) is 6.11. The highest BCUT2D eigenvalue weighted by Gasteiger charge is 2.38. The van der Waals surface area contributed by atoms with Crippen molar-refractivity contribution < 1.29 is 27.5 Å². The molecule has 41 heavy (non-hydrogen) atoms. The van der Waals surface area contributed by atoms with E-state index in [0.29, 0.717) is 6.54 Å². The monoisotopic (exact) mass is 582 g/mol. The van der Waals surface area contributed by atoms with E-state index in [-0.39, 0.29) is 11.9 Å². The van der Waals surface area contributed by atoms with Gasteiger partial charge >= 0.3 is 12.1 Å². The van der Waals surface area contributed by atoms with Crippen LogP contribution in [0.2, 0.25) is 0 Å². The summed E-state index contributed by atoms with van der Waals surface area (Å²) in [7, 11) is 0. The quantitative estimate of drug-likeness (QED) is 0.184. The maximum atomic E-state index is 13.5. The van der Waals surface area contributed by atoms with Crippen molar-refractivity contribution in [2.75, 3.05) is 11.9 Å². The smallest absolute Gasteiger partial charge is 0.475 e. The van der Waals surface area contributed by atoms with E-state index in [1.165, 1.54) is 18.6 Å². The summed E-state index contributed by atoms with van der Waals surface area (Å²) in [6, 6.07) is 15.0. The molecule has 3 aromatic heterocycles. The van der Waals surface area contributed by atoms with Crippen LogP contribution in [0.15, 0.2) is 61.1 Å². The van der Waals surface area contributed by atoms with Gasteiger partial charge in [-0.15, -0.1) is 11.3 Å². The first-order chi connectivity index (χ1) is 19.7. The average Bonchev–Trinajstić information content (AvgIpc) is 3.68. The lowest BCUT2D eigenvalue weighted by Gasteiger charge is -2.08. The fourth-order valence-electron chi connectivity index (χ4n) is 4.21. The van der Waals surface area contributed by atoms with Gasteiger partial charge in [0.1, 0.15) is 12.1 Å². The highest BCUT2D eigenvalue weighted by Crippen LogP contribution is 2.31. The summed E-state index contributed by atoms with van der Waals surface area (Å²) in [5.41, 5.74) is 3.65. The van der Waals surface area contributed by atoms with Gasteiger partial charge in [-0.2, -0.15) is 18.3 Å². The molecule has 0 spiro atoms. The number of aliphatic carboxylic acids is 1. The van der Waals surface area contributed by atoms with Gasteiger partial charge in [0.05, 0.1) is 39.4 Å². The maximum Gasteiger partial charge on any atom is 0.490 e. The summed E-state index contributed by atoms with van der Waals surface area (Å²) in [6.45, 7) is 1.55. The number of thiophene rings is 1. The predicted octanol–water partition coefficient (Wildman–Crippen LogP) is 5.71. The molecule has 3 N–H and O–H groups in total. The number of nitrogens with one attached hydrogen (secondary N) is 2. The van der Waals surface area contributed by atoms with Gasteiger partial charge in [0, 0.05) is 11.1 Å². The Morgan fingerprint density at radius 3 is 2.76 bits per heavy atom. The van der Waals surface area contributed by atoms with Crippen molar-refractivity contribution in [2.24, 2.45) is 0 Å². The fourth-order valence-corrected chi connectivity index (χ4v) is 5.12. The van der Waals surface area contributed by atoms with Crippen LogP contribution < -0.4 is 10.6 Å². The minimum absolute atomic E-state index is 0.241. The number of carboxylic acid groups (broad SMARTS) is 1. The third-order valence-corrected chi connectivity index (χ3v) is 7.16. The molecule has 2 aromatic carbocycles. The molecule has 1 aliphatic rings. The standard InChI is InChI=1S/C26H21FN6S.C2HF3O2/c27-19-4-1-3-17(11-19)15-33-24-9-7-21(12-18(24)14-31-33)32-26-25-23(29-16-30-26)13-22(34-25)8-6-20-5-2-10-28-20;3-2(4,5)1(6)7/h1,3-4,7,9,11-14,16,20,28H,2,5,10,15H2,(H,29,30,32);(H,6,7)/t20-;/m1./s1. The lowest BCUT2D eigenvalue weighted by Crippen LogP contribution is -2.21. The van der Waals surface area contributed by atoms with Crippen LogP contribution in [0, 0.1) is 17.7 Å². The zero-order chi connectivity index (χ0) is 29.0. The van der Waals surface area contributed by atoms with Gasteiger partial charge in [-0.25, -0.2) is 19.2 Å². The number of nitrogens with zero attached hydrogens (tertiary/aromatic N) is 4. The summed E-state index contributed by atoms with van der Waals surface area (Å²) in [5, 5.41) is 19.4. The van der Waals surface area contributed by atoms with Crippen molar-refractivity contribution in [3.63, 3.8) is 0 Å². The number of anilines is 2. The SMILES string of the molecule is Fc1cccc(Cn2ncc3cc(Nc4ncnc5cc(C#C[C@H]6CCCN6)sc45)ccc32)c1.O=C(O)C(F)(F)F. The van der Waals surface area contributed by atoms with E-state index in [1.54, 1.807) is 23.7 Å². The maximum absolute atomic E-state index is 13.5. The number of rotatable bonds is 4. The Kier molecular flexibility index (Phi) is 8.14. The fraction of sp³-hybridized carbons (Fsp3) is 0.214. The third kappa shape index (κ3) is 6.97. The van der Waals surface area contributed by atoms with E-state index < -0.39 is 12.1 Å². The van der Waals surface area contributed by atoms with Crippen molar-refractivity contribution >= 4 is 49.9 Å². The zero-order valence-corrected chi connectivity index (χ0v) is 22.1. The van der Waals surface area contributed by atoms with Crippen molar-refractivity contribution in [2.45, 2.75) is 31.6 Å². The summed E-state index contributed by atoms with van der Waals surface area (Å²) >= 11 is 1.60. The van der Waals surface area contributed by atoms with Crippen molar-refractivity contribution in [3.05, 3.63) is 77.3 Å². The molecule has 0 radical (unpaired) electrons. The van der Waals surface area contributed by atoms with Crippen LogP contribution >= 0.6 is 11.3 Å². The number of alkyl halides is 3. The molecular weight excluding hydrogens is 560 g/mol. The molecule has 1 fully saturated rings. The Labute approximate surface area is 235 Å². The Hall–Kier alpha value is -4.54. The number of aromatic nitrogens is 4. The largest absolute Gasteiger partial charge is 0.490 e. The van der Waals surface area contributed by atoms with E-state index in [9.17, 15) is 17.6 Å². The lowest BCUT2D eigenvalue weighted by molar-refractivity contribution is -0.192. The highest BCUT2D eigenvalue weighted by molar-refractivity contribution is 7.20. The molecule has 1 aliphatic heterocycles. The van der Waals surface area contributed by atoms with Crippen molar-refractivity contribution in [3.8, 4) is 11.8 Å². The minimum atomic E-state index is -5.08. The summed E-state index contributed by atoms with van der Waals surface area (Å²) < 4.78 is 48.1. The average molecular weight is 583 g/mol. The van der Waals surface area contributed by atoms with Gasteiger partial charge in [-0.1, -0.05) is 24.0 Å². The number of fused-ring (bicyclic) bond motifs is 2. The van der Waals surface area contributed by atoms with Crippen LogP contribution in [-0.4, -0.2) is 49.6 Å². The molecule has 5 aromatic rings. The second kappa shape index (κ2) is 11.9. The van der Waals surface area contributed by atoms with Gasteiger partial charge in [-0.3, -0.25) is 4.68 Å². The molecule has 0 bridgehead atoms. The molecule has 0 unspecified atom stereocenters. The topological polar surface area (TPSA) is 105 Å². The number of carbonyl (C=O) groups is 1. The second-order valence-electron chi connectivity index (χ2n) is 9.10. The second-order valence-corrected chi connectivity index (χ2v) is 10.2. The van der Waals surface area contributed by atoms with Crippen LogP contribution in [0.4, 0.5) is 29.1 Å². The first-order valence-corrected chi connectivity index (χ1v) is 13.2. The molecule has 0 amide bonds. The van der Waals surface area contributed by atoms with Crippen LogP contribution in [0.25, 0.3) is 21.1 Å². The number of hydrogen-bond donors (Lipinski definition) is 3. The molecule has 8 nitrogen and oxygen atoms in total. The molecular formula is C28H22F4N6O2S. The van der Waals surface area contributed by atoms with E-state index in [2.05, 4.69) is 37.5 Å². The van der Waals surface area contributed by atoms with Crippen molar-refractivity contribution in [1.82, 2.24) is 25.1 Å². The molecule has 210 valence electrons. The Balaban J connectivity index is 0.000000431. The lowest BCUT2D eigenvalue weighted by atomic mass is 10.2. The number of carboxylic acids is 1. The van der Waals surface area contributed by atoms with Gasteiger partial charge < -0.3 is 15.7 Å². The normalized spacial score (nSPS) is 14.8. The Morgan fingerprint density at radius 2 is 2.02 bits per heavy atom. The van der Waals surface area contributed by atoms with E-state index >= 15 is 0 Å². The van der Waals surface area contributed by atoms with Gasteiger partial charge in [0.25, 0.3) is 0 Å². The molecule has 1 atom stereocenters. The van der Waals surface area contributed by atoms with E-state index in [0.717, 1.165) is 56.0 Å². The number of hydrogen-bond acceptors (Lipinski definition) is 7. The summed E-state index contributed by atoms with van der Waals surface area (Å²) in [4.78, 5) is 18.8. The number of halogens is 4. The number of benzene rings is 2. The van der Waals surface area contributed by atoms with Crippen LogP contribution in [0.3, 0.4) is 0 Å². The first kappa shape index (κ1) is 28.0. The summed E-state index contributed by atoms with van der Waals surface area (Å²) in [6.07, 6.45) is 0.596. The van der Waals surface area contributed by atoms with Gasteiger partial charge in [-0.05, 0) is 61.3 Å². The van der Waals surface area contributed by atoms with E-state index in [1.807, 2.05) is 41.2 Å². The Morgan fingerprint density at radius 1 is 1.20 bits per heavy atom. The zero-order valence-electron chi connectivity index (χ0n) is 21.2. The summed E-state index contributed by atoms with van der Waals surface area (Å²) in [5.74, 6) is 4.37. The predicted molar refractivity (Wildman–Crippen MR) is 148 cm³/mol. The first-order valence-electron chi connectivity index (χ1n) is 12.4.